The summed E-state index contributed by atoms with van der Waals surface area (Å²) in [4.78, 5) is 16.0. The van der Waals surface area contributed by atoms with Crippen LogP contribution in [0.5, 0.6) is 0 Å². The molecule has 0 spiro atoms. The average Bonchev–Trinajstić information content (AvgIpc) is 2.29. The Morgan fingerprint density at radius 1 is 1.61 bits per heavy atom. The first-order valence-corrected chi connectivity index (χ1v) is 6.55. The molecule has 0 aromatic heterocycles. The molecule has 2 N–H and O–H groups in total. The zero-order valence-electron chi connectivity index (χ0n) is 11.4. The largest absolute Gasteiger partial charge is 0.392 e. The molecule has 5 nitrogen and oxygen atoms in total. The number of hydrogen-bond donors (Lipinski definition) is 2. The predicted octanol–water partition coefficient (Wildman–Crippen LogP) is -0.324. The molecule has 1 aliphatic rings. The zero-order chi connectivity index (χ0) is 13.5. The SMILES string of the molecule is C=CCNC(=O)CN1CCN(C[C@@H](C)O)[C@H](C)C1. The lowest BCUT2D eigenvalue weighted by Crippen LogP contribution is -2.55. The van der Waals surface area contributed by atoms with Crippen LogP contribution in [-0.4, -0.2) is 72.2 Å². The topological polar surface area (TPSA) is 55.8 Å². The highest BCUT2D eigenvalue weighted by molar-refractivity contribution is 5.78. The van der Waals surface area contributed by atoms with Gasteiger partial charge in [-0.3, -0.25) is 14.6 Å². The molecule has 1 saturated heterocycles. The van der Waals surface area contributed by atoms with Gasteiger partial charge < -0.3 is 10.4 Å². The van der Waals surface area contributed by atoms with E-state index in [1.54, 1.807) is 6.08 Å². The number of aliphatic hydroxyl groups excluding tert-OH is 1. The van der Waals surface area contributed by atoms with Crippen LogP contribution in [0.2, 0.25) is 0 Å². The third kappa shape index (κ3) is 5.16. The van der Waals surface area contributed by atoms with Gasteiger partial charge in [-0.25, -0.2) is 0 Å². The molecule has 1 heterocycles. The summed E-state index contributed by atoms with van der Waals surface area (Å²) in [5, 5.41) is 12.2. The lowest BCUT2D eigenvalue weighted by atomic mass is 10.1. The minimum Gasteiger partial charge on any atom is -0.392 e. The second-order valence-electron chi connectivity index (χ2n) is 5.02. The van der Waals surface area contributed by atoms with Gasteiger partial charge in [-0.05, 0) is 13.8 Å². The lowest BCUT2D eigenvalue weighted by molar-refractivity contribution is -0.122. The number of nitrogens with zero attached hydrogens (tertiary/aromatic N) is 2. The Balaban J connectivity index is 2.31. The van der Waals surface area contributed by atoms with E-state index in [9.17, 15) is 9.90 Å². The molecule has 0 bridgehead atoms. The summed E-state index contributed by atoms with van der Waals surface area (Å²) < 4.78 is 0. The van der Waals surface area contributed by atoms with Crippen LogP contribution in [0, 0.1) is 0 Å². The van der Waals surface area contributed by atoms with Gasteiger partial charge in [-0.15, -0.1) is 6.58 Å². The van der Waals surface area contributed by atoms with E-state index in [1.165, 1.54) is 0 Å². The van der Waals surface area contributed by atoms with Crippen molar-refractivity contribution in [2.24, 2.45) is 0 Å². The fraction of sp³-hybridized carbons (Fsp3) is 0.769. The average molecular weight is 255 g/mol. The molecule has 1 fully saturated rings. The van der Waals surface area contributed by atoms with Crippen molar-refractivity contribution in [2.45, 2.75) is 26.0 Å². The molecular formula is C13H25N3O2. The molecule has 0 saturated carbocycles. The summed E-state index contributed by atoms with van der Waals surface area (Å²) in [5.74, 6) is 0.0473. The van der Waals surface area contributed by atoms with E-state index in [2.05, 4.69) is 28.6 Å². The Bertz CT molecular complexity index is 281. The van der Waals surface area contributed by atoms with Gasteiger partial charge in [0.2, 0.25) is 5.91 Å². The van der Waals surface area contributed by atoms with Crippen molar-refractivity contribution >= 4 is 5.91 Å². The summed E-state index contributed by atoms with van der Waals surface area (Å²) in [7, 11) is 0. The van der Waals surface area contributed by atoms with Gasteiger partial charge in [0.05, 0.1) is 12.6 Å². The second-order valence-corrected chi connectivity index (χ2v) is 5.02. The molecule has 0 aromatic rings. The van der Waals surface area contributed by atoms with Crippen LogP contribution < -0.4 is 5.32 Å². The maximum Gasteiger partial charge on any atom is 0.234 e. The third-order valence-corrected chi connectivity index (χ3v) is 3.16. The van der Waals surface area contributed by atoms with Crippen molar-refractivity contribution in [3.63, 3.8) is 0 Å². The number of carbonyl (C=O) groups is 1. The fourth-order valence-electron chi connectivity index (χ4n) is 2.27. The molecule has 2 atom stereocenters. The van der Waals surface area contributed by atoms with E-state index in [4.69, 9.17) is 0 Å². The molecule has 5 heteroatoms. The molecule has 0 unspecified atom stereocenters. The summed E-state index contributed by atoms with van der Waals surface area (Å²) in [6, 6.07) is 0.376. The number of aliphatic hydroxyl groups is 1. The van der Waals surface area contributed by atoms with E-state index in [1.807, 2.05) is 6.92 Å². The highest BCUT2D eigenvalue weighted by Crippen LogP contribution is 2.09. The molecule has 1 rings (SSSR count). The van der Waals surface area contributed by atoms with E-state index in [0.717, 1.165) is 19.6 Å². The van der Waals surface area contributed by atoms with Crippen LogP contribution in [0.25, 0.3) is 0 Å². The molecule has 0 radical (unpaired) electrons. The Hall–Kier alpha value is -0.910. The maximum atomic E-state index is 11.6. The molecule has 1 aliphatic heterocycles. The van der Waals surface area contributed by atoms with Gasteiger partial charge >= 0.3 is 0 Å². The Morgan fingerprint density at radius 3 is 2.89 bits per heavy atom. The standard InChI is InChI=1S/C13H25N3O2/c1-4-5-14-13(18)10-15-6-7-16(9-12(3)17)11(2)8-15/h4,11-12,17H,1,5-10H2,2-3H3,(H,14,18)/t11-,12-/m1/s1. The highest BCUT2D eigenvalue weighted by Gasteiger charge is 2.25. The van der Waals surface area contributed by atoms with Gasteiger partial charge in [-0.2, -0.15) is 0 Å². The number of carbonyl (C=O) groups excluding carboxylic acids is 1. The van der Waals surface area contributed by atoms with Crippen LogP contribution >= 0.6 is 0 Å². The number of rotatable bonds is 6. The van der Waals surface area contributed by atoms with Crippen LogP contribution in [0.1, 0.15) is 13.8 Å². The van der Waals surface area contributed by atoms with Crippen LogP contribution in [-0.2, 0) is 4.79 Å². The summed E-state index contributed by atoms with van der Waals surface area (Å²) in [6.45, 7) is 11.8. The van der Waals surface area contributed by atoms with Crippen molar-refractivity contribution in [1.82, 2.24) is 15.1 Å². The normalized spacial score (nSPS) is 23.6. The van der Waals surface area contributed by atoms with E-state index in [0.29, 0.717) is 25.7 Å². The van der Waals surface area contributed by atoms with Crippen LogP contribution in [0.3, 0.4) is 0 Å². The van der Waals surface area contributed by atoms with Crippen molar-refractivity contribution < 1.29 is 9.90 Å². The second kappa shape index (κ2) is 7.51. The minimum absolute atomic E-state index is 0.0473. The predicted molar refractivity (Wildman–Crippen MR) is 72.4 cm³/mol. The van der Waals surface area contributed by atoms with Crippen molar-refractivity contribution in [1.29, 1.82) is 0 Å². The monoisotopic (exact) mass is 255 g/mol. The molecule has 1 amide bonds. The van der Waals surface area contributed by atoms with E-state index >= 15 is 0 Å². The van der Waals surface area contributed by atoms with Gasteiger partial charge in [0.15, 0.2) is 0 Å². The number of β-amino-alcohol motifs (C(OH)–C–C–N with tert-alkyl or cyclic N) is 1. The molecule has 0 aromatic carbocycles. The fourth-order valence-corrected chi connectivity index (χ4v) is 2.27. The summed E-state index contributed by atoms with van der Waals surface area (Å²) in [5.41, 5.74) is 0. The maximum absolute atomic E-state index is 11.6. The molecule has 104 valence electrons. The Kier molecular flexibility index (Phi) is 6.32. The minimum atomic E-state index is -0.296. The molecule has 0 aliphatic carbocycles. The summed E-state index contributed by atoms with van der Waals surface area (Å²) in [6.07, 6.45) is 1.39. The first kappa shape index (κ1) is 15.1. The lowest BCUT2D eigenvalue weighted by Gasteiger charge is -2.40. The number of hydrogen-bond acceptors (Lipinski definition) is 4. The molecular weight excluding hydrogens is 230 g/mol. The van der Waals surface area contributed by atoms with Crippen LogP contribution in [0.15, 0.2) is 12.7 Å². The molecule has 18 heavy (non-hydrogen) atoms. The van der Waals surface area contributed by atoms with Gasteiger partial charge in [-0.1, -0.05) is 6.08 Å². The van der Waals surface area contributed by atoms with Gasteiger partial charge in [0.25, 0.3) is 0 Å². The third-order valence-electron chi connectivity index (χ3n) is 3.16. The van der Waals surface area contributed by atoms with Crippen molar-refractivity contribution in [2.75, 3.05) is 39.3 Å². The van der Waals surface area contributed by atoms with Crippen molar-refractivity contribution in [3.05, 3.63) is 12.7 Å². The number of piperazine rings is 1. The number of nitrogens with one attached hydrogen (secondary N) is 1. The first-order valence-electron chi connectivity index (χ1n) is 6.55. The Morgan fingerprint density at radius 2 is 2.33 bits per heavy atom. The highest BCUT2D eigenvalue weighted by atomic mass is 16.3. The van der Waals surface area contributed by atoms with Crippen molar-refractivity contribution in [3.8, 4) is 0 Å². The van der Waals surface area contributed by atoms with Crippen LogP contribution in [0.4, 0.5) is 0 Å². The first-order chi connectivity index (χ1) is 8.52. The van der Waals surface area contributed by atoms with Gasteiger partial charge in [0.1, 0.15) is 0 Å². The van der Waals surface area contributed by atoms with Gasteiger partial charge in [0, 0.05) is 38.8 Å². The van der Waals surface area contributed by atoms with E-state index < -0.39 is 0 Å². The smallest absolute Gasteiger partial charge is 0.234 e. The zero-order valence-corrected chi connectivity index (χ0v) is 11.4. The quantitative estimate of drug-likeness (QED) is 0.639. The Labute approximate surface area is 109 Å². The summed E-state index contributed by atoms with van der Waals surface area (Å²) >= 11 is 0. The number of amides is 1. The van der Waals surface area contributed by atoms with E-state index in [-0.39, 0.29) is 12.0 Å².